The van der Waals surface area contributed by atoms with Gasteiger partial charge in [-0.2, -0.15) is 5.10 Å². The molecule has 3 rings (SSSR count). The summed E-state index contributed by atoms with van der Waals surface area (Å²) in [7, 11) is 0. The van der Waals surface area contributed by atoms with Gasteiger partial charge in [0, 0.05) is 36.4 Å². The molecule has 0 bridgehead atoms. The van der Waals surface area contributed by atoms with Gasteiger partial charge in [-0.25, -0.2) is 4.98 Å². The van der Waals surface area contributed by atoms with Crippen molar-refractivity contribution in [1.29, 1.82) is 0 Å². The maximum Gasteiger partial charge on any atom is 0.181 e. The lowest BCUT2D eigenvalue weighted by atomic mass is 10.1. The number of nitrogens with zero attached hydrogens (tertiary/aromatic N) is 3. The summed E-state index contributed by atoms with van der Waals surface area (Å²) in [6, 6.07) is 9.49. The number of H-pyrrole nitrogens is 1. The zero-order valence-corrected chi connectivity index (χ0v) is 12.9. The molecule has 2 N–H and O–H groups in total. The van der Waals surface area contributed by atoms with Crippen molar-refractivity contribution in [3.05, 3.63) is 30.1 Å². The van der Waals surface area contributed by atoms with Crippen molar-refractivity contribution in [2.75, 3.05) is 18.4 Å². The first kappa shape index (κ1) is 14.1. The molecule has 0 spiro atoms. The molecule has 0 saturated carbocycles. The van der Waals surface area contributed by atoms with E-state index in [9.17, 15) is 0 Å². The summed E-state index contributed by atoms with van der Waals surface area (Å²) in [5, 5.41) is 10.7. The standard InChI is InChI=1S/C16H23N5/c1-11(2)21-8-7-15(10-21)18-14-6-4-5-13(9-14)16-17-12(3)19-20-16/h4-6,9,11,15,18H,7-8,10H2,1-3H3,(H,17,19,20). The molecule has 2 heterocycles. The molecule has 2 aromatic rings. The van der Waals surface area contributed by atoms with Gasteiger partial charge in [0.25, 0.3) is 0 Å². The van der Waals surface area contributed by atoms with E-state index in [1.807, 2.05) is 13.0 Å². The molecule has 112 valence electrons. The minimum absolute atomic E-state index is 0.525. The molecule has 1 aromatic heterocycles. The van der Waals surface area contributed by atoms with E-state index >= 15 is 0 Å². The highest BCUT2D eigenvalue weighted by atomic mass is 15.2. The Kier molecular flexibility index (Phi) is 3.92. The molecular weight excluding hydrogens is 262 g/mol. The molecule has 21 heavy (non-hydrogen) atoms. The highest BCUT2D eigenvalue weighted by Crippen LogP contribution is 2.22. The number of benzene rings is 1. The van der Waals surface area contributed by atoms with E-state index in [4.69, 9.17) is 0 Å². The number of hydrogen-bond acceptors (Lipinski definition) is 4. The first-order valence-corrected chi connectivity index (χ1v) is 7.62. The zero-order chi connectivity index (χ0) is 14.8. The Bertz CT molecular complexity index is 604. The molecule has 1 aromatic carbocycles. The summed E-state index contributed by atoms with van der Waals surface area (Å²) >= 11 is 0. The van der Waals surface area contributed by atoms with E-state index < -0.39 is 0 Å². The highest BCUT2D eigenvalue weighted by Gasteiger charge is 2.23. The van der Waals surface area contributed by atoms with Gasteiger partial charge in [0.1, 0.15) is 5.82 Å². The molecule has 1 atom stereocenters. The fourth-order valence-electron chi connectivity index (χ4n) is 2.83. The lowest BCUT2D eigenvalue weighted by molar-refractivity contribution is 0.274. The molecule has 1 fully saturated rings. The monoisotopic (exact) mass is 285 g/mol. The number of anilines is 1. The molecule has 1 aliphatic heterocycles. The van der Waals surface area contributed by atoms with Gasteiger partial charge in [0.2, 0.25) is 0 Å². The quantitative estimate of drug-likeness (QED) is 0.907. The van der Waals surface area contributed by atoms with Gasteiger partial charge in [-0.1, -0.05) is 12.1 Å². The van der Waals surface area contributed by atoms with Crippen LogP contribution in [0.4, 0.5) is 5.69 Å². The van der Waals surface area contributed by atoms with Gasteiger partial charge in [0.05, 0.1) is 0 Å². The van der Waals surface area contributed by atoms with E-state index in [0.717, 1.165) is 29.4 Å². The predicted octanol–water partition coefficient (Wildman–Crippen LogP) is 2.67. The summed E-state index contributed by atoms with van der Waals surface area (Å²) in [4.78, 5) is 6.90. The molecule has 0 radical (unpaired) electrons. The molecule has 1 saturated heterocycles. The van der Waals surface area contributed by atoms with Gasteiger partial charge in [-0.15, -0.1) is 0 Å². The van der Waals surface area contributed by atoms with Gasteiger partial charge in [-0.05, 0) is 39.3 Å². The Balaban J connectivity index is 1.70. The van der Waals surface area contributed by atoms with Crippen LogP contribution in [0.3, 0.4) is 0 Å². The van der Waals surface area contributed by atoms with Crippen molar-refractivity contribution in [1.82, 2.24) is 20.1 Å². The number of aromatic nitrogens is 3. The van der Waals surface area contributed by atoms with E-state index in [0.29, 0.717) is 12.1 Å². The van der Waals surface area contributed by atoms with Gasteiger partial charge in [-0.3, -0.25) is 10.00 Å². The normalized spacial score (nSPS) is 19.3. The first-order valence-electron chi connectivity index (χ1n) is 7.62. The fraction of sp³-hybridized carbons (Fsp3) is 0.500. The third-order valence-electron chi connectivity index (χ3n) is 4.04. The van der Waals surface area contributed by atoms with Crippen LogP contribution in [0.25, 0.3) is 11.4 Å². The van der Waals surface area contributed by atoms with Crippen molar-refractivity contribution in [3.8, 4) is 11.4 Å². The molecule has 1 unspecified atom stereocenters. The molecule has 0 amide bonds. The second-order valence-electron chi connectivity index (χ2n) is 6.04. The maximum absolute atomic E-state index is 4.39. The van der Waals surface area contributed by atoms with E-state index in [1.165, 1.54) is 13.0 Å². The van der Waals surface area contributed by atoms with Crippen LogP contribution < -0.4 is 5.32 Å². The third-order valence-corrected chi connectivity index (χ3v) is 4.04. The van der Waals surface area contributed by atoms with Crippen LogP contribution in [0.5, 0.6) is 0 Å². The smallest absolute Gasteiger partial charge is 0.181 e. The highest BCUT2D eigenvalue weighted by molar-refractivity contribution is 5.62. The largest absolute Gasteiger partial charge is 0.381 e. The molecule has 0 aliphatic carbocycles. The van der Waals surface area contributed by atoms with Crippen LogP contribution in [0, 0.1) is 6.92 Å². The lowest BCUT2D eigenvalue weighted by Crippen LogP contribution is -2.31. The number of aryl methyl sites for hydroxylation is 1. The third kappa shape index (κ3) is 3.24. The van der Waals surface area contributed by atoms with Crippen molar-refractivity contribution in [3.63, 3.8) is 0 Å². The fourth-order valence-corrected chi connectivity index (χ4v) is 2.83. The molecular formula is C16H23N5. The Labute approximate surface area is 125 Å². The van der Waals surface area contributed by atoms with E-state index in [-0.39, 0.29) is 0 Å². The SMILES string of the molecule is Cc1nc(-c2cccc(NC3CCN(C(C)C)C3)c2)n[nH]1. The molecule has 5 heteroatoms. The minimum atomic E-state index is 0.525. The summed E-state index contributed by atoms with van der Waals surface area (Å²) in [5.41, 5.74) is 2.19. The predicted molar refractivity (Wildman–Crippen MR) is 85.3 cm³/mol. The van der Waals surface area contributed by atoms with Crippen LogP contribution in [-0.4, -0.2) is 45.3 Å². The Morgan fingerprint density at radius 1 is 1.38 bits per heavy atom. The van der Waals surface area contributed by atoms with Crippen LogP contribution in [-0.2, 0) is 0 Å². The molecule has 1 aliphatic rings. The summed E-state index contributed by atoms with van der Waals surface area (Å²) in [6.07, 6.45) is 1.20. The molecule has 5 nitrogen and oxygen atoms in total. The van der Waals surface area contributed by atoms with E-state index in [1.54, 1.807) is 0 Å². The summed E-state index contributed by atoms with van der Waals surface area (Å²) in [5.74, 6) is 1.60. The lowest BCUT2D eigenvalue weighted by Gasteiger charge is -2.21. The number of hydrogen-bond donors (Lipinski definition) is 2. The number of aromatic amines is 1. The second kappa shape index (κ2) is 5.85. The Morgan fingerprint density at radius 3 is 2.90 bits per heavy atom. The van der Waals surface area contributed by atoms with Crippen molar-refractivity contribution >= 4 is 5.69 Å². The van der Waals surface area contributed by atoms with Crippen LogP contribution in [0.1, 0.15) is 26.1 Å². The first-order chi connectivity index (χ1) is 10.1. The zero-order valence-electron chi connectivity index (χ0n) is 12.9. The number of nitrogens with one attached hydrogen (secondary N) is 2. The average molecular weight is 285 g/mol. The van der Waals surface area contributed by atoms with Crippen LogP contribution in [0.2, 0.25) is 0 Å². The van der Waals surface area contributed by atoms with Crippen molar-refractivity contribution in [2.24, 2.45) is 0 Å². The topological polar surface area (TPSA) is 56.8 Å². The minimum Gasteiger partial charge on any atom is -0.381 e. The summed E-state index contributed by atoms with van der Waals surface area (Å²) < 4.78 is 0. The maximum atomic E-state index is 4.39. The number of likely N-dealkylation sites (tertiary alicyclic amines) is 1. The van der Waals surface area contributed by atoms with Gasteiger partial charge < -0.3 is 5.32 Å². The number of rotatable bonds is 4. The average Bonchev–Trinajstić information content (AvgIpc) is 3.08. The van der Waals surface area contributed by atoms with Crippen molar-refractivity contribution < 1.29 is 0 Å². The van der Waals surface area contributed by atoms with E-state index in [2.05, 4.69) is 57.4 Å². The van der Waals surface area contributed by atoms with Crippen molar-refractivity contribution in [2.45, 2.75) is 39.3 Å². The van der Waals surface area contributed by atoms with Crippen LogP contribution >= 0.6 is 0 Å². The van der Waals surface area contributed by atoms with Crippen LogP contribution in [0.15, 0.2) is 24.3 Å². The Hall–Kier alpha value is -1.88. The summed E-state index contributed by atoms with van der Waals surface area (Å²) in [6.45, 7) is 8.72. The van der Waals surface area contributed by atoms with Gasteiger partial charge >= 0.3 is 0 Å². The second-order valence-corrected chi connectivity index (χ2v) is 6.04. The Morgan fingerprint density at radius 2 is 2.24 bits per heavy atom. The van der Waals surface area contributed by atoms with Gasteiger partial charge in [0.15, 0.2) is 5.82 Å².